The van der Waals surface area contributed by atoms with E-state index in [1.54, 1.807) is 0 Å². The average molecular weight is 286 g/mol. The first-order valence-electron chi connectivity index (χ1n) is 7.85. The maximum Gasteiger partial charge on any atom is 0.324 e. The van der Waals surface area contributed by atoms with E-state index >= 15 is 0 Å². The largest absolute Gasteiger partial charge is 0.337 e. The molecule has 4 heteroatoms. The highest BCUT2D eigenvalue weighted by Crippen LogP contribution is 2.38. The number of hydrogen-bond donors (Lipinski definition) is 1. The van der Waals surface area contributed by atoms with E-state index in [-0.39, 0.29) is 17.4 Å². The fraction of sp³-hybridized carbons (Fsp3) is 0.529. The van der Waals surface area contributed by atoms with Crippen molar-refractivity contribution in [1.82, 2.24) is 10.2 Å². The van der Waals surface area contributed by atoms with Gasteiger partial charge in [0, 0.05) is 6.54 Å². The van der Waals surface area contributed by atoms with Crippen LogP contribution in [0.4, 0.5) is 4.79 Å². The van der Waals surface area contributed by atoms with Crippen LogP contribution in [0.1, 0.15) is 44.1 Å². The maximum absolute atomic E-state index is 12.9. The van der Waals surface area contributed by atoms with Crippen molar-refractivity contribution in [3.05, 3.63) is 35.9 Å². The number of amides is 3. The first kappa shape index (κ1) is 14.1. The quantitative estimate of drug-likeness (QED) is 0.908. The molecule has 0 unspecified atom stereocenters. The molecule has 0 atom stereocenters. The Morgan fingerprint density at radius 1 is 1.00 bits per heavy atom. The molecule has 1 saturated heterocycles. The summed E-state index contributed by atoms with van der Waals surface area (Å²) >= 11 is 0. The van der Waals surface area contributed by atoms with E-state index in [4.69, 9.17) is 0 Å². The standard InChI is InChI=1S/C17H22N2O2/c20-15-17(10-6-1-2-7-11-17)13-18-16(21)19(15)12-14-8-4-3-5-9-14/h3-5,8-9H,1-2,6-7,10-13H2,(H,18,21). The van der Waals surface area contributed by atoms with Crippen molar-refractivity contribution in [3.8, 4) is 0 Å². The van der Waals surface area contributed by atoms with Gasteiger partial charge in [-0.1, -0.05) is 56.0 Å². The summed E-state index contributed by atoms with van der Waals surface area (Å²) in [6.45, 7) is 0.878. The van der Waals surface area contributed by atoms with Crippen molar-refractivity contribution in [2.24, 2.45) is 5.41 Å². The molecule has 1 saturated carbocycles. The molecule has 0 radical (unpaired) electrons. The van der Waals surface area contributed by atoms with Gasteiger partial charge in [0.15, 0.2) is 0 Å². The monoisotopic (exact) mass is 286 g/mol. The Labute approximate surface area is 125 Å². The number of nitrogens with one attached hydrogen (secondary N) is 1. The number of urea groups is 1. The first-order chi connectivity index (χ1) is 10.2. The fourth-order valence-electron chi connectivity index (χ4n) is 3.50. The Kier molecular flexibility index (Phi) is 3.95. The Morgan fingerprint density at radius 2 is 1.67 bits per heavy atom. The van der Waals surface area contributed by atoms with Gasteiger partial charge in [-0.2, -0.15) is 0 Å². The second-order valence-corrected chi connectivity index (χ2v) is 6.23. The summed E-state index contributed by atoms with van der Waals surface area (Å²) in [5, 5.41) is 2.94. The smallest absolute Gasteiger partial charge is 0.324 e. The number of imide groups is 1. The Hall–Kier alpha value is -1.84. The third-order valence-corrected chi connectivity index (χ3v) is 4.77. The lowest BCUT2D eigenvalue weighted by molar-refractivity contribution is -0.142. The van der Waals surface area contributed by atoms with E-state index < -0.39 is 0 Å². The van der Waals surface area contributed by atoms with Crippen LogP contribution in [-0.2, 0) is 11.3 Å². The fourth-order valence-corrected chi connectivity index (χ4v) is 3.50. The zero-order chi connectivity index (χ0) is 14.7. The van der Waals surface area contributed by atoms with Crippen LogP contribution < -0.4 is 5.32 Å². The molecule has 1 aliphatic heterocycles. The van der Waals surface area contributed by atoms with Crippen LogP contribution in [0.25, 0.3) is 0 Å². The number of nitrogens with zero attached hydrogens (tertiary/aromatic N) is 1. The molecular formula is C17H22N2O2. The summed E-state index contributed by atoms with van der Waals surface area (Å²) < 4.78 is 0. The van der Waals surface area contributed by atoms with E-state index in [0.29, 0.717) is 13.1 Å². The third kappa shape index (κ3) is 2.80. The van der Waals surface area contributed by atoms with Gasteiger partial charge in [-0.05, 0) is 18.4 Å². The molecule has 1 spiro atoms. The predicted octanol–water partition coefficient (Wildman–Crippen LogP) is 3.08. The number of carbonyl (C=O) groups is 2. The van der Waals surface area contributed by atoms with Crippen LogP contribution in [0.2, 0.25) is 0 Å². The van der Waals surface area contributed by atoms with E-state index in [0.717, 1.165) is 31.2 Å². The molecule has 0 aromatic heterocycles. The zero-order valence-corrected chi connectivity index (χ0v) is 12.3. The van der Waals surface area contributed by atoms with Gasteiger partial charge in [0.2, 0.25) is 5.91 Å². The predicted molar refractivity (Wildman–Crippen MR) is 80.5 cm³/mol. The molecule has 1 heterocycles. The molecule has 1 aromatic rings. The lowest BCUT2D eigenvalue weighted by Gasteiger charge is -2.40. The van der Waals surface area contributed by atoms with Crippen molar-refractivity contribution < 1.29 is 9.59 Å². The Bertz CT molecular complexity index is 519. The number of carbonyl (C=O) groups excluding carboxylic acids is 2. The van der Waals surface area contributed by atoms with Crippen LogP contribution in [0.3, 0.4) is 0 Å². The Morgan fingerprint density at radius 3 is 2.33 bits per heavy atom. The highest BCUT2D eigenvalue weighted by Gasteiger charge is 2.46. The van der Waals surface area contributed by atoms with E-state index in [1.165, 1.54) is 17.7 Å². The summed E-state index contributed by atoms with van der Waals surface area (Å²) in [5.41, 5.74) is 0.630. The summed E-state index contributed by atoms with van der Waals surface area (Å²) in [5.74, 6) is 0.0250. The van der Waals surface area contributed by atoms with Crippen molar-refractivity contribution in [2.45, 2.75) is 45.1 Å². The number of hydrogen-bond acceptors (Lipinski definition) is 2. The van der Waals surface area contributed by atoms with Crippen molar-refractivity contribution in [2.75, 3.05) is 6.54 Å². The van der Waals surface area contributed by atoms with Gasteiger partial charge in [-0.3, -0.25) is 9.69 Å². The second kappa shape index (κ2) is 5.88. The van der Waals surface area contributed by atoms with Gasteiger partial charge in [0.1, 0.15) is 0 Å². The van der Waals surface area contributed by atoms with Crippen LogP contribution in [0.15, 0.2) is 30.3 Å². The SMILES string of the molecule is O=C1NCC2(CCCCCC2)C(=O)N1Cc1ccccc1. The molecule has 1 aromatic carbocycles. The Balaban J connectivity index is 1.81. The molecule has 21 heavy (non-hydrogen) atoms. The minimum atomic E-state index is -0.362. The molecule has 2 fully saturated rings. The minimum Gasteiger partial charge on any atom is -0.337 e. The third-order valence-electron chi connectivity index (χ3n) is 4.77. The number of rotatable bonds is 2. The minimum absolute atomic E-state index is 0.0250. The number of benzene rings is 1. The average Bonchev–Trinajstić information content (AvgIpc) is 2.76. The van der Waals surface area contributed by atoms with Gasteiger partial charge < -0.3 is 5.32 Å². The normalized spacial score (nSPS) is 22.0. The van der Waals surface area contributed by atoms with Crippen molar-refractivity contribution in [1.29, 1.82) is 0 Å². The van der Waals surface area contributed by atoms with Crippen molar-refractivity contribution >= 4 is 11.9 Å². The molecule has 4 nitrogen and oxygen atoms in total. The maximum atomic E-state index is 12.9. The van der Waals surface area contributed by atoms with Crippen LogP contribution in [0, 0.1) is 5.41 Å². The molecule has 3 rings (SSSR count). The highest BCUT2D eigenvalue weighted by atomic mass is 16.2. The van der Waals surface area contributed by atoms with Crippen LogP contribution >= 0.6 is 0 Å². The van der Waals surface area contributed by atoms with E-state index in [2.05, 4.69) is 5.32 Å². The topological polar surface area (TPSA) is 49.4 Å². The molecule has 0 bridgehead atoms. The van der Waals surface area contributed by atoms with Crippen molar-refractivity contribution in [3.63, 3.8) is 0 Å². The molecule has 1 N–H and O–H groups in total. The summed E-state index contributed by atoms with van der Waals surface area (Å²) in [4.78, 5) is 26.5. The summed E-state index contributed by atoms with van der Waals surface area (Å²) in [6.07, 6.45) is 6.36. The van der Waals surface area contributed by atoms with Crippen LogP contribution in [-0.4, -0.2) is 23.4 Å². The molecular weight excluding hydrogens is 264 g/mol. The molecule has 112 valence electrons. The lowest BCUT2D eigenvalue weighted by Crippen LogP contribution is -2.60. The van der Waals surface area contributed by atoms with Gasteiger partial charge in [-0.15, -0.1) is 0 Å². The summed E-state index contributed by atoms with van der Waals surface area (Å²) in [6, 6.07) is 9.46. The van der Waals surface area contributed by atoms with Gasteiger partial charge in [0.25, 0.3) is 0 Å². The van der Waals surface area contributed by atoms with Gasteiger partial charge >= 0.3 is 6.03 Å². The first-order valence-corrected chi connectivity index (χ1v) is 7.85. The van der Waals surface area contributed by atoms with E-state index in [1.807, 2.05) is 30.3 Å². The molecule has 1 aliphatic carbocycles. The second-order valence-electron chi connectivity index (χ2n) is 6.23. The summed E-state index contributed by atoms with van der Waals surface area (Å²) in [7, 11) is 0. The lowest BCUT2D eigenvalue weighted by atomic mass is 9.77. The van der Waals surface area contributed by atoms with E-state index in [9.17, 15) is 9.59 Å². The molecule has 2 aliphatic rings. The van der Waals surface area contributed by atoms with Gasteiger partial charge in [0.05, 0.1) is 12.0 Å². The zero-order valence-electron chi connectivity index (χ0n) is 12.3. The van der Waals surface area contributed by atoms with Crippen LogP contribution in [0.5, 0.6) is 0 Å². The van der Waals surface area contributed by atoms with Gasteiger partial charge in [-0.25, -0.2) is 4.79 Å². The highest BCUT2D eigenvalue weighted by molar-refractivity contribution is 6.00. The molecule has 3 amide bonds.